The first kappa shape index (κ1) is 12.2. The van der Waals surface area contributed by atoms with Crippen LogP contribution in [0.5, 0.6) is 0 Å². The molecule has 0 aromatic heterocycles. The molecule has 1 aromatic carbocycles. The van der Waals surface area contributed by atoms with E-state index in [1.807, 2.05) is 13.8 Å². The number of amides is 1. The van der Waals surface area contributed by atoms with Crippen LogP contribution in [0.2, 0.25) is 5.02 Å². The zero-order valence-electron chi connectivity index (χ0n) is 9.73. The van der Waals surface area contributed by atoms with Crippen molar-refractivity contribution in [2.24, 2.45) is 5.41 Å². The number of benzene rings is 1. The molecule has 2 N–H and O–H groups in total. The number of fused-ring (bicyclic) bond motifs is 1. The van der Waals surface area contributed by atoms with Crippen LogP contribution in [0.1, 0.15) is 20.3 Å². The number of hydrogen-bond donors (Lipinski definition) is 2. The molecule has 1 aliphatic heterocycles. The lowest BCUT2D eigenvalue weighted by Crippen LogP contribution is -2.36. The van der Waals surface area contributed by atoms with Crippen LogP contribution in [0.15, 0.2) is 12.1 Å². The molecule has 1 aliphatic rings. The Kier molecular flexibility index (Phi) is 3.00. The average molecular weight is 257 g/mol. The third kappa shape index (κ3) is 2.09. The molecule has 1 amide bonds. The van der Waals surface area contributed by atoms with Crippen molar-refractivity contribution in [1.82, 2.24) is 0 Å². The van der Waals surface area contributed by atoms with Crippen molar-refractivity contribution in [2.75, 3.05) is 17.2 Å². The van der Waals surface area contributed by atoms with E-state index in [0.29, 0.717) is 24.3 Å². The van der Waals surface area contributed by atoms with E-state index in [1.54, 1.807) is 0 Å². The highest BCUT2D eigenvalue weighted by molar-refractivity contribution is 6.31. The first-order valence-corrected chi connectivity index (χ1v) is 5.88. The van der Waals surface area contributed by atoms with E-state index in [-0.39, 0.29) is 10.9 Å². The molecule has 0 saturated carbocycles. The fraction of sp³-hybridized carbons (Fsp3) is 0.417. The summed E-state index contributed by atoms with van der Waals surface area (Å²) in [5.41, 5.74) is 0.595. The molecule has 0 fully saturated rings. The highest BCUT2D eigenvalue weighted by atomic mass is 35.5. The first-order valence-electron chi connectivity index (χ1n) is 5.50. The maximum atomic E-state index is 13.3. The molecule has 1 aromatic rings. The van der Waals surface area contributed by atoms with Gasteiger partial charge in [0.05, 0.1) is 21.8 Å². The summed E-state index contributed by atoms with van der Waals surface area (Å²) >= 11 is 5.70. The van der Waals surface area contributed by atoms with Gasteiger partial charge < -0.3 is 10.6 Å². The third-order valence-electron chi connectivity index (χ3n) is 3.31. The minimum absolute atomic E-state index is 0.00551. The predicted octanol–water partition coefficient (Wildman–Crippen LogP) is 3.26. The van der Waals surface area contributed by atoms with Gasteiger partial charge in [0.1, 0.15) is 5.82 Å². The van der Waals surface area contributed by atoms with E-state index in [0.717, 1.165) is 0 Å². The minimum Gasteiger partial charge on any atom is -0.382 e. The molecule has 0 saturated heterocycles. The zero-order chi connectivity index (χ0) is 12.6. The highest BCUT2D eigenvalue weighted by Crippen LogP contribution is 2.34. The quantitative estimate of drug-likeness (QED) is 0.810. The van der Waals surface area contributed by atoms with Crippen LogP contribution in [0.25, 0.3) is 0 Å². The van der Waals surface area contributed by atoms with Gasteiger partial charge in [-0.05, 0) is 19.4 Å². The van der Waals surface area contributed by atoms with Crippen molar-refractivity contribution in [3.05, 3.63) is 23.0 Å². The second-order valence-electron chi connectivity index (χ2n) is 4.53. The van der Waals surface area contributed by atoms with Crippen molar-refractivity contribution in [3.63, 3.8) is 0 Å². The van der Waals surface area contributed by atoms with Gasteiger partial charge in [0.2, 0.25) is 5.91 Å². The van der Waals surface area contributed by atoms with Gasteiger partial charge in [-0.2, -0.15) is 0 Å². The van der Waals surface area contributed by atoms with Gasteiger partial charge >= 0.3 is 0 Å². The Hall–Kier alpha value is -1.29. The monoisotopic (exact) mass is 256 g/mol. The standard InChI is InChI=1S/C12H14ClFN2O/c1-3-12(2)6-15-9-5-8(14)7(13)4-10(9)16-11(12)17/h4-5,15H,3,6H2,1-2H3,(H,16,17). The second kappa shape index (κ2) is 4.18. The van der Waals surface area contributed by atoms with E-state index in [4.69, 9.17) is 11.6 Å². The number of anilines is 2. The molecule has 3 nitrogen and oxygen atoms in total. The fourth-order valence-electron chi connectivity index (χ4n) is 1.73. The normalized spacial score (nSPS) is 23.4. The Morgan fingerprint density at radius 1 is 1.47 bits per heavy atom. The maximum absolute atomic E-state index is 13.3. The van der Waals surface area contributed by atoms with Crippen LogP contribution < -0.4 is 10.6 Å². The summed E-state index contributed by atoms with van der Waals surface area (Å²) in [7, 11) is 0. The molecule has 17 heavy (non-hydrogen) atoms. The summed E-state index contributed by atoms with van der Waals surface area (Å²) in [6.07, 6.45) is 0.704. The summed E-state index contributed by atoms with van der Waals surface area (Å²) in [4.78, 5) is 12.0. The van der Waals surface area contributed by atoms with Gasteiger partial charge in [0.15, 0.2) is 0 Å². The summed E-state index contributed by atoms with van der Waals surface area (Å²) < 4.78 is 13.3. The van der Waals surface area contributed by atoms with Gasteiger partial charge in [-0.15, -0.1) is 0 Å². The van der Waals surface area contributed by atoms with E-state index < -0.39 is 11.2 Å². The molecule has 0 spiro atoms. The van der Waals surface area contributed by atoms with Crippen LogP contribution >= 0.6 is 11.6 Å². The molecule has 2 rings (SSSR count). The smallest absolute Gasteiger partial charge is 0.232 e. The van der Waals surface area contributed by atoms with Crippen LogP contribution in [0.4, 0.5) is 15.8 Å². The average Bonchev–Trinajstić information content (AvgIpc) is 2.41. The van der Waals surface area contributed by atoms with Crippen molar-refractivity contribution < 1.29 is 9.18 Å². The Morgan fingerprint density at radius 3 is 2.82 bits per heavy atom. The largest absolute Gasteiger partial charge is 0.382 e. The maximum Gasteiger partial charge on any atom is 0.232 e. The molecular weight excluding hydrogens is 243 g/mol. The van der Waals surface area contributed by atoms with E-state index in [9.17, 15) is 9.18 Å². The summed E-state index contributed by atoms with van der Waals surface area (Å²) in [6.45, 7) is 4.30. The van der Waals surface area contributed by atoms with Gasteiger partial charge in [0, 0.05) is 12.6 Å². The number of hydrogen-bond acceptors (Lipinski definition) is 2. The van der Waals surface area contributed by atoms with Crippen LogP contribution in [0, 0.1) is 11.2 Å². The minimum atomic E-state index is -0.498. The van der Waals surface area contributed by atoms with Crippen molar-refractivity contribution in [1.29, 1.82) is 0 Å². The van der Waals surface area contributed by atoms with Crippen LogP contribution in [0.3, 0.4) is 0 Å². The zero-order valence-corrected chi connectivity index (χ0v) is 10.5. The molecule has 1 atom stereocenters. The predicted molar refractivity (Wildman–Crippen MR) is 66.9 cm³/mol. The number of carbonyl (C=O) groups is 1. The topological polar surface area (TPSA) is 41.1 Å². The highest BCUT2D eigenvalue weighted by Gasteiger charge is 2.34. The Bertz CT molecular complexity index is 478. The summed E-state index contributed by atoms with van der Waals surface area (Å²) in [5.74, 6) is -0.568. The Morgan fingerprint density at radius 2 is 2.18 bits per heavy atom. The van der Waals surface area contributed by atoms with E-state index >= 15 is 0 Å². The molecule has 1 heterocycles. The lowest BCUT2D eigenvalue weighted by Gasteiger charge is -2.23. The summed E-state index contributed by atoms with van der Waals surface area (Å²) in [6, 6.07) is 2.73. The van der Waals surface area contributed by atoms with Crippen molar-refractivity contribution in [2.45, 2.75) is 20.3 Å². The van der Waals surface area contributed by atoms with Gasteiger partial charge in [-0.1, -0.05) is 18.5 Å². The SMILES string of the molecule is CCC1(C)CNc2cc(F)c(Cl)cc2NC1=O. The van der Waals surface area contributed by atoms with Gasteiger partial charge in [0.25, 0.3) is 0 Å². The lowest BCUT2D eigenvalue weighted by atomic mass is 9.86. The Balaban J connectivity index is 2.42. The molecule has 0 radical (unpaired) electrons. The molecular formula is C12H14ClFN2O. The summed E-state index contributed by atoms with van der Waals surface area (Å²) in [5, 5.41) is 5.87. The number of nitrogens with one attached hydrogen (secondary N) is 2. The third-order valence-corrected chi connectivity index (χ3v) is 3.60. The number of carbonyl (C=O) groups excluding carboxylic acids is 1. The number of halogens is 2. The van der Waals surface area contributed by atoms with Gasteiger partial charge in [-0.25, -0.2) is 4.39 Å². The second-order valence-corrected chi connectivity index (χ2v) is 4.94. The first-order chi connectivity index (χ1) is 7.96. The molecule has 5 heteroatoms. The fourth-order valence-corrected chi connectivity index (χ4v) is 1.89. The molecule has 0 bridgehead atoms. The molecule has 0 aliphatic carbocycles. The lowest BCUT2D eigenvalue weighted by molar-refractivity contribution is -0.124. The van der Waals surface area contributed by atoms with Crippen molar-refractivity contribution >= 4 is 28.9 Å². The Labute approximate surface area is 104 Å². The van der Waals surface area contributed by atoms with E-state index in [1.165, 1.54) is 12.1 Å². The van der Waals surface area contributed by atoms with Crippen LogP contribution in [-0.2, 0) is 4.79 Å². The van der Waals surface area contributed by atoms with Gasteiger partial charge in [-0.3, -0.25) is 4.79 Å². The van der Waals surface area contributed by atoms with Crippen LogP contribution in [-0.4, -0.2) is 12.5 Å². The molecule has 1 unspecified atom stereocenters. The van der Waals surface area contributed by atoms with E-state index in [2.05, 4.69) is 10.6 Å². The number of rotatable bonds is 1. The molecule has 92 valence electrons. The van der Waals surface area contributed by atoms with Crippen molar-refractivity contribution in [3.8, 4) is 0 Å².